The molecule has 2 N–H and O–H groups in total. The minimum atomic E-state index is -3.61. The van der Waals surface area contributed by atoms with E-state index >= 15 is 0 Å². The van der Waals surface area contributed by atoms with E-state index in [0.29, 0.717) is 12.3 Å². The molecule has 8 heteroatoms. The second-order valence-corrected chi connectivity index (χ2v) is 6.55. The zero-order valence-electron chi connectivity index (χ0n) is 11.6. The summed E-state index contributed by atoms with van der Waals surface area (Å²) < 4.78 is 31.3. The van der Waals surface area contributed by atoms with Crippen molar-refractivity contribution in [3.8, 4) is 0 Å². The molecule has 0 saturated carbocycles. The standard InChI is InChI=1S/C12H18N2O4S2/c1-9(15)14-11-8-10(4-5-12(11)19-3)20(16,17)13-6-7-18-2/h4-5,8,13H,6-7H2,1-3H3,(H,14,15). The minimum Gasteiger partial charge on any atom is -0.383 e. The molecule has 0 bridgehead atoms. The highest BCUT2D eigenvalue weighted by molar-refractivity contribution is 7.98. The molecule has 0 radical (unpaired) electrons. The summed E-state index contributed by atoms with van der Waals surface area (Å²) >= 11 is 1.43. The lowest BCUT2D eigenvalue weighted by molar-refractivity contribution is -0.114. The lowest BCUT2D eigenvalue weighted by Gasteiger charge is -2.11. The Labute approximate surface area is 123 Å². The molecule has 1 amide bonds. The maximum absolute atomic E-state index is 12.1. The van der Waals surface area contributed by atoms with Crippen LogP contribution in [0.25, 0.3) is 0 Å². The minimum absolute atomic E-state index is 0.107. The first-order chi connectivity index (χ1) is 9.40. The van der Waals surface area contributed by atoms with Crippen LogP contribution in [0, 0.1) is 0 Å². The Hall–Kier alpha value is -1.09. The molecule has 6 nitrogen and oxygen atoms in total. The number of methoxy groups -OCH3 is 1. The predicted octanol–water partition coefficient (Wildman–Crippen LogP) is 1.29. The van der Waals surface area contributed by atoms with Crippen LogP contribution in [0.3, 0.4) is 0 Å². The molecule has 0 aliphatic rings. The van der Waals surface area contributed by atoms with Crippen molar-refractivity contribution in [1.82, 2.24) is 4.72 Å². The van der Waals surface area contributed by atoms with Crippen LogP contribution in [0.2, 0.25) is 0 Å². The van der Waals surface area contributed by atoms with Crippen molar-refractivity contribution < 1.29 is 17.9 Å². The molecule has 1 aromatic carbocycles. The Morgan fingerprint density at radius 1 is 1.40 bits per heavy atom. The van der Waals surface area contributed by atoms with Crippen LogP contribution in [0.5, 0.6) is 0 Å². The van der Waals surface area contributed by atoms with Crippen molar-refractivity contribution in [3.63, 3.8) is 0 Å². The third-order valence-corrected chi connectivity index (χ3v) is 4.64. The fourth-order valence-corrected chi connectivity index (χ4v) is 3.08. The number of carbonyl (C=O) groups excluding carboxylic acids is 1. The van der Waals surface area contributed by atoms with Crippen molar-refractivity contribution in [2.24, 2.45) is 0 Å². The summed E-state index contributed by atoms with van der Waals surface area (Å²) in [5, 5.41) is 2.63. The number of carbonyl (C=O) groups is 1. The highest BCUT2D eigenvalue weighted by Crippen LogP contribution is 2.28. The van der Waals surface area contributed by atoms with E-state index in [4.69, 9.17) is 4.74 Å². The number of hydrogen-bond acceptors (Lipinski definition) is 5. The van der Waals surface area contributed by atoms with Crippen molar-refractivity contribution in [2.75, 3.05) is 31.8 Å². The van der Waals surface area contributed by atoms with Crippen molar-refractivity contribution in [3.05, 3.63) is 18.2 Å². The lowest BCUT2D eigenvalue weighted by Crippen LogP contribution is -2.27. The quantitative estimate of drug-likeness (QED) is 0.584. The van der Waals surface area contributed by atoms with Gasteiger partial charge in [0, 0.05) is 25.5 Å². The normalized spacial score (nSPS) is 11.3. The lowest BCUT2D eigenvalue weighted by atomic mass is 10.3. The monoisotopic (exact) mass is 318 g/mol. The van der Waals surface area contributed by atoms with Gasteiger partial charge in [0.1, 0.15) is 0 Å². The zero-order chi connectivity index (χ0) is 15.2. The van der Waals surface area contributed by atoms with Gasteiger partial charge in [0.15, 0.2) is 0 Å². The SMILES string of the molecule is COCCNS(=O)(=O)c1ccc(SC)c(NC(C)=O)c1. The smallest absolute Gasteiger partial charge is 0.240 e. The third kappa shape index (κ3) is 4.78. The molecule has 0 spiro atoms. The van der Waals surface area contributed by atoms with Gasteiger partial charge in [-0.2, -0.15) is 0 Å². The first-order valence-electron chi connectivity index (χ1n) is 5.85. The van der Waals surface area contributed by atoms with Gasteiger partial charge >= 0.3 is 0 Å². The van der Waals surface area contributed by atoms with E-state index in [1.165, 1.54) is 37.9 Å². The van der Waals surface area contributed by atoms with E-state index in [9.17, 15) is 13.2 Å². The van der Waals surface area contributed by atoms with Gasteiger partial charge in [-0.25, -0.2) is 13.1 Å². The molecule has 0 aliphatic carbocycles. The Bertz CT molecular complexity index is 573. The van der Waals surface area contributed by atoms with E-state index in [-0.39, 0.29) is 17.3 Å². The Morgan fingerprint density at radius 3 is 2.65 bits per heavy atom. The molecule has 112 valence electrons. The molecular weight excluding hydrogens is 300 g/mol. The van der Waals surface area contributed by atoms with E-state index in [2.05, 4.69) is 10.0 Å². The molecule has 0 aliphatic heterocycles. The summed E-state index contributed by atoms with van der Waals surface area (Å²) in [6, 6.07) is 4.62. The fourth-order valence-electron chi connectivity index (χ4n) is 1.50. The summed E-state index contributed by atoms with van der Waals surface area (Å²) in [5.41, 5.74) is 0.486. The number of thioether (sulfide) groups is 1. The number of nitrogens with one attached hydrogen (secondary N) is 2. The second kappa shape index (κ2) is 7.63. The highest BCUT2D eigenvalue weighted by Gasteiger charge is 2.16. The van der Waals surface area contributed by atoms with Crippen LogP contribution in [-0.2, 0) is 19.6 Å². The van der Waals surface area contributed by atoms with Crippen molar-refractivity contribution in [2.45, 2.75) is 16.7 Å². The highest BCUT2D eigenvalue weighted by atomic mass is 32.2. The molecule has 0 heterocycles. The summed E-state index contributed by atoms with van der Waals surface area (Å²) in [6.07, 6.45) is 1.85. The summed E-state index contributed by atoms with van der Waals surface area (Å²) in [4.78, 5) is 12.1. The maximum atomic E-state index is 12.1. The zero-order valence-corrected chi connectivity index (χ0v) is 13.2. The van der Waals surface area contributed by atoms with Crippen LogP contribution in [0.1, 0.15) is 6.92 Å². The number of benzene rings is 1. The van der Waals surface area contributed by atoms with E-state index < -0.39 is 10.0 Å². The molecule has 1 rings (SSSR count). The molecule has 1 aromatic rings. The average Bonchev–Trinajstić information content (AvgIpc) is 2.38. The molecule has 0 atom stereocenters. The van der Waals surface area contributed by atoms with Crippen LogP contribution in [0.4, 0.5) is 5.69 Å². The number of anilines is 1. The number of hydrogen-bond donors (Lipinski definition) is 2. The van der Waals surface area contributed by atoms with Gasteiger partial charge in [-0.3, -0.25) is 4.79 Å². The van der Waals surface area contributed by atoms with Gasteiger partial charge in [0.2, 0.25) is 15.9 Å². The largest absolute Gasteiger partial charge is 0.383 e. The molecule has 20 heavy (non-hydrogen) atoms. The number of amides is 1. The van der Waals surface area contributed by atoms with E-state index in [1.54, 1.807) is 6.07 Å². The van der Waals surface area contributed by atoms with Gasteiger partial charge in [-0.05, 0) is 24.5 Å². The van der Waals surface area contributed by atoms with Gasteiger partial charge in [0.25, 0.3) is 0 Å². The van der Waals surface area contributed by atoms with Crippen LogP contribution in [0.15, 0.2) is 28.0 Å². The molecule has 0 fully saturated rings. The average molecular weight is 318 g/mol. The maximum Gasteiger partial charge on any atom is 0.240 e. The molecule has 0 saturated heterocycles. The van der Waals surface area contributed by atoms with E-state index in [0.717, 1.165) is 4.90 Å². The predicted molar refractivity (Wildman–Crippen MR) is 79.6 cm³/mol. The Kier molecular flexibility index (Phi) is 6.47. The van der Waals surface area contributed by atoms with E-state index in [1.807, 2.05) is 6.26 Å². The van der Waals surface area contributed by atoms with Gasteiger partial charge in [-0.1, -0.05) is 0 Å². The fraction of sp³-hybridized carbons (Fsp3) is 0.417. The Balaban J connectivity index is 3.04. The van der Waals surface area contributed by atoms with Gasteiger partial charge < -0.3 is 10.1 Å². The van der Waals surface area contributed by atoms with Gasteiger partial charge in [-0.15, -0.1) is 11.8 Å². The number of sulfonamides is 1. The Morgan fingerprint density at radius 2 is 2.10 bits per heavy atom. The third-order valence-electron chi connectivity index (χ3n) is 2.39. The van der Waals surface area contributed by atoms with Gasteiger partial charge in [0.05, 0.1) is 17.2 Å². The molecule has 0 aromatic heterocycles. The van der Waals surface area contributed by atoms with Crippen LogP contribution >= 0.6 is 11.8 Å². The topological polar surface area (TPSA) is 84.5 Å². The van der Waals surface area contributed by atoms with Crippen LogP contribution < -0.4 is 10.0 Å². The first kappa shape index (κ1) is 17.0. The summed E-state index contributed by atoms with van der Waals surface area (Å²) in [6.45, 7) is 1.86. The summed E-state index contributed by atoms with van der Waals surface area (Å²) in [7, 11) is -2.11. The van der Waals surface area contributed by atoms with Crippen molar-refractivity contribution in [1.29, 1.82) is 0 Å². The molecular formula is C12H18N2O4S2. The number of ether oxygens (including phenoxy) is 1. The second-order valence-electron chi connectivity index (χ2n) is 3.93. The van der Waals surface area contributed by atoms with Crippen LogP contribution in [-0.4, -0.2) is 40.8 Å². The number of rotatable bonds is 7. The molecule has 0 unspecified atom stereocenters. The van der Waals surface area contributed by atoms with Crippen molar-refractivity contribution >= 4 is 33.4 Å². The summed E-state index contributed by atoms with van der Waals surface area (Å²) in [5.74, 6) is -0.248. The first-order valence-corrected chi connectivity index (χ1v) is 8.55.